The highest BCUT2D eigenvalue weighted by Gasteiger charge is 2.29. The molecule has 0 aliphatic carbocycles. The van der Waals surface area contributed by atoms with Crippen molar-refractivity contribution in [1.29, 1.82) is 0 Å². The van der Waals surface area contributed by atoms with Crippen LogP contribution in [0, 0.1) is 5.92 Å². The normalized spacial score (nSPS) is 18.8. The molecular formula is C18H26N6O. The molecule has 7 nitrogen and oxygen atoms in total. The molecule has 134 valence electrons. The number of carbonyl (C=O) groups excluding carboxylic acids is 1. The van der Waals surface area contributed by atoms with Crippen molar-refractivity contribution >= 4 is 11.9 Å². The molecule has 1 amide bonds. The van der Waals surface area contributed by atoms with Crippen LogP contribution in [0.15, 0.2) is 30.3 Å². The largest absolute Gasteiger partial charge is 0.353 e. The first-order valence-electron chi connectivity index (χ1n) is 9.08. The lowest BCUT2D eigenvalue weighted by atomic mass is 9.97. The van der Waals surface area contributed by atoms with Gasteiger partial charge in [-0.2, -0.15) is 4.68 Å². The Hall–Kier alpha value is -2.44. The summed E-state index contributed by atoms with van der Waals surface area (Å²) >= 11 is 0. The van der Waals surface area contributed by atoms with E-state index in [1.165, 1.54) is 0 Å². The van der Waals surface area contributed by atoms with Crippen LogP contribution in [-0.4, -0.2) is 45.2 Å². The molecule has 1 aliphatic heterocycles. The number of piperidine rings is 1. The zero-order chi connectivity index (χ0) is 17.6. The number of para-hydroxylation sites is 1. The van der Waals surface area contributed by atoms with Gasteiger partial charge in [0.05, 0.1) is 11.6 Å². The molecule has 0 saturated carbocycles. The van der Waals surface area contributed by atoms with Gasteiger partial charge >= 0.3 is 0 Å². The lowest BCUT2D eigenvalue weighted by Crippen LogP contribution is -2.46. The first-order chi connectivity index (χ1) is 12.2. The molecule has 0 bridgehead atoms. The summed E-state index contributed by atoms with van der Waals surface area (Å²) in [6.45, 7) is 5.71. The number of hydrogen-bond acceptors (Lipinski definition) is 5. The van der Waals surface area contributed by atoms with E-state index in [1.54, 1.807) is 4.68 Å². The molecule has 0 spiro atoms. The maximum absolute atomic E-state index is 12.6. The lowest BCUT2D eigenvalue weighted by molar-refractivity contribution is -0.125. The highest BCUT2D eigenvalue weighted by molar-refractivity contribution is 5.79. The van der Waals surface area contributed by atoms with E-state index in [2.05, 4.69) is 39.6 Å². The smallest absolute Gasteiger partial charge is 0.250 e. The molecule has 1 aliphatic rings. The Kier molecular flexibility index (Phi) is 5.63. The standard InChI is InChI=1S/C18H26N6O/c1-3-8-14(2)19-17(25)15-9-7-12-23(13-15)18-20-21-22-24(18)16-10-5-4-6-11-16/h4-6,10-11,14-15H,3,7-9,12-13H2,1-2H3,(H,19,25). The zero-order valence-electron chi connectivity index (χ0n) is 14.9. The Morgan fingerprint density at radius 2 is 2.16 bits per heavy atom. The van der Waals surface area contributed by atoms with Crippen molar-refractivity contribution in [2.75, 3.05) is 18.0 Å². The molecule has 2 heterocycles. The van der Waals surface area contributed by atoms with Gasteiger partial charge in [0, 0.05) is 19.1 Å². The van der Waals surface area contributed by atoms with Crippen LogP contribution in [0.4, 0.5) is 5.95 Å². The van der Waals surface area contributed by atoms with E-state index in [0.717, 1.165) is 37.9 Å². The van der Waals surface area contributed by atoms with E-state index in [1.807, 2.05) is 30.3 Å². The van der Waals surface area contributed by atoms with Gasteiger partial charge in [-0.15, -0.1) is 0 Å². The van der Waals surface area contributed by atoms with Crippen molar-refractivity contribution in [3.8, 4) is 5.69 Å². The first-order valence-corrected chi connectivity index (χ1v) is 9.08. The third kappa shape index (κ3) is 4.15. The summed E-state index contributed by atoms with van der Waals surface area (Å²) in [7, 11) is 0. The molecule has 1 saturated heterocycles. The van der Waals surface area contributed by atoms with Crippen LogP contribution in [0.25, 0.3) is 5.69 Å². The number of aromatic nitrogens is 4. The van der Waals surface area contributed by atoms with Gasteiger partial charge in [-0.25, -0.2) is 0 Å². The Morgan fingerprint density at radius 1 is 1.36 bits per heavy atom. The van der Waals surface area contributed by atoms with E-state index in [9.17, 15) is 4.79 Å². The van der Waals surface area contributed by atoms with Crippen molar-refractivity contribution in [1.82, 2.24) is 25.5 Å². The van der Waals surface area contributed by atoms with Crippen LogP contribution in [0.1, 0.15) is 39.5 Å². The molecule has 1 fully saturated rings. The maximum atomic E-state index is 12.6. The number of anilines is 1. The van der Waals surface area contributed by atoms with Gasteiger partial charge < -0.3 is 10.2 Å². The Labute approximate surface area is 148 Å². The average molecular weight is 342 g/mol. The molecule has 2 aromatic rings. The van der Waals surface area contributed by atoms with Crippen LogP contribution >= 0.6 is 0 Å². The van der Waals surface area contributed by atoms with Crippen LogP contribution in [0.3, 0.4) is 0 Å². The molecule has 1 N–H and O–H groups in total. The molecule has 2 unspecified atom stereocenters. The minimum atomic E-state index is -0.0195. The van der Waals surface area contributed by atoms with Gasteiger partial charge in [0.15, 0.2) is 0 Å². The fourth-order valence-electron chi connectivity index (χ4n) is 3.35. The summed E-state index contributed by atoms with van der Waals surface area (Å²) in [5.41, 5.74) is 0.922. The van der Waals surface area contributed by atoms with Gasteiger partial charge in [0.25, 0.3) is 0 Å². The first kappa shape index (κ1) is 17.4. The van der Waals surface area contributed by atoms with Gasteiger partial charge in [0.2, 0.25) is 11.9 Å². The lowest BCUT2D eigenvalue weighted by Gasteiger charge is -2.32. The quantitative estimate of drug-likeness (QED) is 0.871. The van der Waals surface area contributed by atoms with Crippen molar-refractivity contribution in [3.05, 3.63) is 30.3 Å². The zero-order valence-corrected chi connectivity index (χ0v) is 14.9. The summed E-state index contributed by atoms with van der Waals surface area (Å²) in [5.74, 6) is 0.823. The molecule has 1 aromatic heterocycles. The van der Waals surface area contributed by atoms with Crippen molar-refractivity contribution in [2.24, 2.45) is 5.92 Å². The molecule has 0 radical (unpaired) electrons. The number of rotatable bonds is 6. The molecule has 2 atom stereocenters. The molecule has 1 aromatic carbocycles. The van der Waals surface area contributed by atoms with E-state index in [-0.39, 0.29) is 17.9 Å². The number of benzene rings is 1. The second-order valence-electron chi connectivity index (χ2n) is 6.71. The Morgan fingerprint density at radius 3 is 2.92 bits per heavy atom. The topological polar surface area (TPSA) is 75.9 Å². The number of carbonyl (C=O) groups is 1. The number of nitrogens with one attached hydrogen (secondary N) is 1. The number of amides is 1. The molecule has 3 rings (SSSR count). The Balaban J connectivity index is 1.70. The van der Waals surface area contributed by atoms with Crippen molar-refractivity contribution < 1.29 is 4.79 Å². The van der Waals surface area contributed by atoms with E-state index < -0.39 is 0 Å². The van der Waals surface area contributed by atoms with Crippen LogP contribution < -0.4 is 10.2 Å². The predicted molar refractivity (Wildman–Crippen MR) is 96.6 cm³/mol. The highest BCUT2D eigenvalue weighted by atomic mass is 16.2. The average Bonchev–Trinajstić information content (AvgIpc) is 3.12. The minimum absolute atomic E-state index is 0.0195. The predicted octanol–water partition coefficient (Wildman–Crippen LogP) is 2.18. The molecule has 25 heavy (non-hydrogen) atoms. The van der Waals surface area contributed by atoms with Crippen LogP contribution in [-0.2, 0) is 4.79 Å². The summed E-state index contributed by atoms with van der Waals surface area (Å²) in [4.78, 5) is 14.7. The van der Waals surface area contributed by atoms with Crippen LogP contribution in [0.5, 0.6) is 0 Å². The number of tetrazole rings is 1. The molecule has 7 heteroatoms. The Bertz CT molecular complexity index is 686. The summed E-state index contributed by atoms with van der Waals surface area (Å²) in [6.07, 6.45) is 3.95. The van der Waals surface area contributed by atoms with E-state index >= 15 is 0 Å². The summed E-state index contributed by atoms with van der Waals surface area (Å²) < 4.78 is 1.74. The van der Waals surface area contributed by atoms with Gasteiger partial charge in [-0.05, 0) is 48.7 Å². The van der Waals surface area contributed by atoms with Gasteiger partial charge in [-0.1, -0.05) is 36.6 Å². The monoisotopic (exact) mass is 342 g/mol. The van der Waals surface area contributed by atoms with E-state index in [0.29, 0.717) is 12.5 Å². The fraction of sp³-hybridized carbons (Fsp3) is 0.556. The van der Waals surface area contributed by atoms with Gasteiger partial charge in [0.1, 0.15) is 0 Å². The second kappa shape index (κ2) is 8.09. The molecular weight excluding hydrogens is 316 g/mol. The van der Waals surface area contributed by atoms with Crippen LogP contribution in [0.2, 0.25) is 0 Å². The number of hydrogen-bond donors (Lipinski definition) is 1. The van der Waals surface area contributed by atoms with E-state index in [4.69, 9.17) is 0 Å². The highest BCUT2D eigenvalue weighted by Crippen LogP contribution is 2.23. The third-order valence-electron chi connectivity index (χ3n) is 4.64. The maximum Gasteiger partial charge on any atom is 0.250 e. The van der Waals surface area contributed by atoms with Gasteiger partial charge in [-0.3, -0.25) is 4.79 Å². The summed E-state index contributed by atoms with van der Waals surface area (Å²) in [6, 6.07) is 10.1. The minimum Gasteiger partial charge on any atom is -0.353 e. The SMILES string of the molecule is CCCC(C)NC(=O)C1CCCN(c2nnnn2-c2ccccc2)C1. The second-order valence-corrected chi connectivity index (χ2v) is 6.71. The summed E-state index contributed by atoms with van der Waals surface area (Å²) in [5, 5.41) is 15.3. The fourth-order valence-corrected chi connectivity index (χ4v) is 3.35. The third-order valence-corrected chi connectivity index (χ3v) is 4.64. The van der Waals surface area contributed by atoms with Crippen molar-refractivity contribution in [3.63, 3.8) is 0 Å². The van der Waals surface area contributed by atoms with Crippen molar-refractivity contribution in [2.45, 2.75) is 45.6 Å². The number of nitrogens with zero attached hydrogens (tertiary/aromatic N) is 5.